The lowest BCUT2D eigenvalue weighted by atomic mass is 10.0. The summed E-state index contributed by atoms with van der Waals surface area (Å²) >= 11 is 0. The molecule has 2 unspecified atom stereocenters. The smallest absolute Gasteiger partial charge is 0.457 e. The predicted octanol–water partition coefficient (Wildman–Crippen LogP) is 17.8. The third-order valence-electron chi connectivity index (χ3n) is 11.9. The molecular formula is C58H106NO7P. The molecule has 67 heavy (non-hydrogen) atoms. The second-order valence-corrected chi connectivity index (χ2v) is 19.9. The zero-order valence-electron chi connectivity index (χ0n) is 43.6. The third kappa shape index (κ3) is 54.7. The number of phosphoric acid groups is 1. The van der Waals surface area contributed by atoms with Gasteiger partial charge in [0.05, 0.1) is 19.8 Å². The summed E-state index contributed by atoms with van der Waals surface area (Å²) in [6.07, 6.45) is 71.0. The molecular weight excluding hydrogens is 854 g/mol. The van der Waals surface area contributed by atoms with Crippen molar-refractivity contribution in [2.75, 3.05) is 33.0 Å². The van der Waals surface area contributed by atoms with Crippen molar-refractivity contribution in [3.63, 3.8) is 0 Å². The van der Waals surface area contributed by atoms with E-state index in [0.717, 1.165) is 83.5 Å². The SMILES string of the molecule is CC/C=C\C/C=C\C/C=C\C/C=C\C/C=C\C/C=C\CCCCCCC(=O)OC(COCCCCCCCCCCCCCCCCCCCCCCCCCCC)COP(=O)(O)OCCN. The Balaban J connectivity index is 3.94. The highest BCUT2D eigenvalue weighted by Gasteiger charge is 2.25. The van der Waals surface area contributed by atoms with Gasteiger partial charge in [0.15, 0.2) is 0 Å². The fraction of sp³-hybridized carbons (Fsp3) is 0.776. The van der Waals surface area contributed by atoms with E-state index < -0.39 is 13.9 Å². The summed E-state index contributed by atoms with van der Waals surface area (Å²) in [5.74, 6) is -0.352. The maximum absolute atomic E-state index is 12.7. The Bertz CT molecular complexity index is 1260. The van der Waals surface area contributed by atoms with Gasteiger partial charge in [0, 0.05) is 19.6 Å². The lowest BCUT2D eigenvalue weighted by Gasteiger charge is -2.20. The normalized spacial score (nSPS) is 13.8. The van der Waals surface area contributed by atoms with Gasteiger partial charge < -0.3 is 20.1 Å². The van der Waals surface area contributed by atoms with Gasteiger partial charge in [-0.3, -0.25) is 13.8 Å². The molecule has 0 spiro atoms. The standard InChI is InChI=1S/C58H106NO7P/c1-3-5-7-9-11-13-15-17-19-21-23-25-27-28-30-32-34-36-38-40-42-44-46-48-50-53-63-55-57(56-65-67(61,62)64-54-52-59)66-58(60)51-49-47-45-43-41-39-37-35-33-31-29-26-24-22-20-18-16-14-12-10-8-6-4-2/h6,8,12,14,18,20,24,26,31,33,37,39,57H,3-5,7,9-11,13,15-17,19,21-23,25,27-30,32,34-36,38,40-56,59H2,1-2H3,(H,61,62)/b8-6-,14-12-,20-18-,26-24-,33-31-,39-37-. The molecule has 0 saturated carbocycles. The fourth-order valence-electron chi connectivity index (χ4n) is 7.83. The highest BCUT2D eigenvalue weighted by molar-refractivity contribution is 7.47. The van der Waals surface area contributed by atoms with Gasteiger partial charge in [-0.1, -0.05) is 254 Å². The molecule has 0 aromatic carbocycles. The van der Waals surface area contributed by atoms with Crippen LogP contribution in [0.3, 0.4) is 0 Å². The van der Waals surface area contributed by atoms with Crippen molar-refractivity contribution in [2.45, 2.75) is 258 Å². The van der Waals surface area contributed by atoms with E-state index in [1.807, 2.05) is 0 Å². The predicted molar refractivity (Wildman–Crippen MR) is 288 cm³/mol. The zero-order chi connectivity index (χ0) is 48.7. The largest absolute Gasteiger partial charge is 0.472 e. The average Bonchev–Trinajstić information content (AvgIpc) is 3.32. The number of allylic oxidation sites excluding steroid dienone is 12. The highest BCUT2D eigenvalue weighted by Crippen LogP contribution is 2.43. The summed E-state index contributed by atoms with van der Waals surface area (Å²) in [7, 11) is -4.30. The van der Waals surface area contributed by atoms with Crippen LogP contribution in [0.1, 0.15) is 251 Å². The zero-order valence-corrected chi connectivity index (χ0v) is 44.5. The van der Waals surface area contributed by atoms with Crippen LogP contribution in [-0.4, -0.2) is 49.9 Å². The van der Waals surface area contributed by atoms with Crippen molar-refractivity contribution in [1.29, 1.82) is 0 Å². The van der Waals surface area contributed by atoms with E-state index >= 15 is 0 Å². The van der Waals surface area contributed by atoms with Gasteiger partial charge in [0.25, 0.3) is 0 Å². The first-order valence-electron chi connectivity index (χ1n) is 27.9. The number of esters is 1. The van der Waals surface area contributed by atoms with Gasteiger partial charge in [0.1, 0.15) is 6.10 Å². The van der Waals surface area contributed by atoms with E-state index in [2.05, 4.69) is 86.8 Å². The molecule has 0 saturated heterocycles. The molecule has 0 aromatic rings. The Hall–Kier alpha value is -2.06. The minimum Gasteiger partial charge on any atom is -0.457 e. The number of ether oxygens (including phenoxy) is 2. The van der Waals surface area contributed by atoms with Crippen molar-refractivity contribution in [3.8, 4) is 0 Å². The lowest BCUT2D eigenvalue weighted by molar-refractivity contribution is -0.154. The number of unbranched alkanes of at least 4 members (excludes halogenated alkanes) is 28. The minimum absolute atomic E-state index is 0.0937. The maximum Gasteiger partial charge on any atom is 0.472 e. The average molecular weight is 960 g/mol. The van der Waals surface area contributed by atoms with Gasteiger partial charge >= 0.3 is 13.8 Å². The number of hydrogen-bond donors (Lipinski definition) is 2. The molecule has 2 atom stereocenters. The van der Waals surface area contributed by atoms with E-state index in [9.17, 15) is 14.3 Å². The number of phosphoric ester groups is 1. The summed E-state index contributed by atoms with van der Waals surface area (Å²) in [5.41, 5.74) is 5.40. The number of hydrogen-bond acceptors (Lipinski definition) is 7. The molecule has 0 bridgehead atoms. The molecule has 390 valence electrons. The van der Waals surface area contributed by atoms with Crippen LogP contribution in [0.4, 0.5) is 0 Å². The quantitative estimate of drug-likeness (QED) is 0.0268. The summed E-state index contributed by atoms with van der Waals surface area (Å²) < 4.78 is 33.6. The highest BCUT2D eigenvalue weighted by atomic mass is 31.2. The molecule has 9 heteroatoms. The van der Waals surface area contributed by atoms with Crippen LogP contribution in [0.15, 0.2) is 72.9 Å². The summed E-state index contributed by atoms with van der Waals surface area (Å²) in [4.78, 5) is 22.6. The van der Waals surface area contributed by atoms with E-state index in [1.54, 1.807) is 0 Å². The third-order valence-corrected chi connectivity index (χ3v) is 12.9. The fourth-order valence-corrected chi connectivity index (χ4v) is 8.59. The molecule has 0 amide bonds. The van der Waals surface area contributed by atoms with Crippen LogP contribution in [-0.2, 0) is 27.9 Å². The van der Waals surface area contributed by atoms with Gasteiger partial charge in [-0.15, -0.1) is 0 Å². The molecule has 0 rings (SSSR count). The van der Waals surface area contributed by atoms with Crippen molar-refractivity contribution in [1.82, 2.24) is 0 Å². The van der Waals surface area contributed by atoms with E-state index in [1.165, 1.54) is 148 Å². The number of nitrogens with two attached hydrogens (primary N) is 1. The van der Waals surface area contributed by atoms with Crippen molar-refractivity contribution in [3.05, 3.63) is 72.9 Å². The monoisotopic (exact) mass is 960 g/mol. The molecule has 0 aliphatic heterocycles. The maximum atomic E-state index is 12.7. The van der Waals surface area contributed by atoms with E-state index in [0.29, 0.717) is 6.61 Å². The van der Waals surface area contributed by atoms with Crippen molar-refractivity contribution in [2.24, 2.45) is 5.73 Å². The first kappa shape index (κ1) is 64.9. The van der Waals surface area contributed by atoms with Crippen molar-refractivity contribution < 1.29 is 32.8 Å². The van der Waals surface area contributed by atoms with E-state index in [4.69, 9.17) is 24.3 Å². The Morgan fingerprint density at radius 3 is 1.25 bits per heavy atom. The van der Waals surface area contributed by atoms with Crippen LogP contribution in [0, 0.1) is 0 Å². The van der Waals surface area contributed by atoms with Crippen LogP contribution < -0.4 is 5.73 Å². The van der Waals surface area contributed by atoms with Gasteiger partial charge in [-0.2, -0.15) is 0 Å². The van der Waals surface area contributed by atoms with Crippen LogP contribution in [0.2, 0.25) is 0 Å². The number of rotatable bonds is 53. The Kier molecular flexibility index (Phi) is 53.2. The first-order valence-corrected chi connectivity index (χ1v) is 29.4. The van der Waals surface area contributed by atoms with Crippen molar-refractivity contribution >= 4 is 13.8 Å². The molecule has 0 aromatic heterocycles. The molecule has 8 nitrogen and oxygen atoms in total. The van der Waals surface area contributed by atoms with Crippen LogP contribution in [0.25, 0.3) is 0 Å². The van der Waals surface area contributed by atoms with Crippen LogP contribution >= 0.6 is 7.82 Å². The Morgan fingerprint density at radius 2 is 0.836 bits per heavy atom. The second-order valence-electron chi connectivity index (χ2n) is 18.4. The topological polar surface area (TPSA) is 117 Å². The molecule has 0 radical (unpaired) electrons. The first-order chi connectivity index (χ1) is 32.9. The number of carbonyl (C=O) groups excluding carboxylic acids is 1. The molecule has 0 aliphatic carbocycles. The van der Waals surface area contributed by atoms with Gasteiger partial charge in [0.2, 0.25) is 0 Å². The van der Waals surface area contributed by atoms with E-state index in [-0.39, 0.29) is 38.8 Å². The number of carbonyl (C=O) groups is 1. The molecule has 0 aliphatic rings. The summed E-state index contributed by atoms with van der Waals surface area (Å²) in [6, 6.07) is 0. The molecule has 0 fully saturated rings. The van der Waals surface area contributed by atoms with Crippen LogP contribution in [0.5, 0.6) is 0 Å². The Morgan fingerprint density at radius 1 is 0.463 bits per heavy atom. The lowest BCUT2D eigenvalue weighted by Crippen LogP contribution is -2.28. The second kappa shape index (κ2) is 54.9. The Labute approximate surface area is 414 Å². The van der Waals surface area contributed by atoms with Gasteiger partial charge in [-0.05, 0) is 64.2 Å². The molecule has 0 heterocycles. The molecule has 3 N–H and O–H groups in total. The summed E-state index contributed by atoms with van der Waals surface area (Å²) in [6.45, 7) is 4.81. The summed E-state index contributed by atoms with van der Waals surface area (Å²) in [5, 5.41) is 0. The minimum atomic E-state index is -4.30. The van der Waals surface area contributed by atoms with Gasteiger partial charge in [-0.25, -0.2) is 4.57 Å².